The van der Waals surface area contributed by atoms with Gasteiger partial charge in [0.15, 0.2) is 5.75 Å². The van der Waals surface area contributed by atoms with Crippen LogP contribution in [0.25, 0.3) is 0 Å². The second kappa shape index (κ2) is 12.3. The van der Waals surface area contributed by atoms with E-state index >= 15 is 0 Å². The van der Waals surface area contributed by atoms with E-state index in [1.807, 2.05) is 24.3 Å². The van der Waals surface area contributed by atoms with Gasteiger partial charge in [-0.25, -0.2) is 0 Å². The third-order valence-electron chi connectivity index (χ3n) is 6.87. The molecule has 1 atom stereocenters. The number of benzene rings is 2. The van der Waals surface area contributed by atoms with Crippen LogP contribution in [0, 0.1) is 5.92 Å². The van der Waals surface area contributed by atoms with Crippen LogP contribution in [-0.4, -0.2) is 27.9 Å². The van der Waals surface area contributed by atoms with Gasteiger partial charge in [0.25, 0.3) is 8.32 Å². The van der Waals surface area contributed by atoms with Gasteiger partial charge in [0, 0.05) is 13.0 Å². The van der Waals surface area contributed by atoms with Gasteiger partial charge in [0.2, 0.25) is 5.91 Å². The van der Waals surface area contributed by atoms with Crippen molar-refractivity contribution < 1.29 is 14.0 Å². The van der Waals surface area contributed by atoms with Crippen molar-refractivity contribution in [2.45, 2.75) is 77.9 Å². The summed E-state index contributed by atoms with van der Waals surface area (Å²) >= 11 is 0. The minimum Gasteiger partial charge on any atom is -0.541 e. The molecule has 1 amide bonds. The van der Waals surface area contributed by atoms with E-state index in [1.54, 1.807) is 7.11 Å². The Morgan fingerprint density at radius 3 is 2.30 bits per heavy atom. The molecule has 5 heteroatoms. The van der Waals surface area contributed by atoms with Crippen LogP contribution in [0.3, 0.4) is 0 Å². The Morgan fingerprint density at radius 1 is 1.00 bits per heavy atom. The maximum atomic E-state index is 12.4. The van der Waals surface area contributed by atoms with E-state index in [-0.39, 0.29) is 10.9 Å². The Hall–Kier alpha value is -2.27. The molecule has 0 fully saturated rings. The lowest BCUT2D eigenvalue weighted by Crippen LogP contribution is -2.43. The van der Waals surface area contributed by atoms with Crippen LogP contribution in [0.1, 0.15) is 58.1 Å². The Labute approximate surface area is 202 Å². The summed E-state index contributed by atoms with van der Waals surface area (Å²) in [6, 6.07) is 16.5. The van der Waals surface area contributed by atoms with Crippen LogP contribution < -0.4 is 14.5 Å². The van der Waals surface area contributed by atoms with Gasteiger partial charge in [-0.1, -0.05) is 70.5 Å². The second-order valence-electron chi connectivity index (χ2n) is 10.5. The number of aryl methyl sites for hydroxylation is 1. The van der Waals surface area contributed by atoms with Gasteiger partial charge in [0.1, 0.15) is 5.75 Å². The molecular weight excluding hydrogens is 426 g/mol. The molecule has 0 saturated carbocycles. The molecule has 0 radical (unpaired) electrons. The molecule has 0 aromatic heterocycles. The van der Waals surface area contributed by atoms with E-state index < -0.39 is 8.32 Å². The second-order valence-corrected chi connectivity index (χ2v) is 15.2. The highest BCUT2D eigenvalue weighted by Gasteiger charge is 2.39. The standard InChI is InChI=1S/C28H43NO3Si/c1-8-22(21-27(30)29-19-18-23-12-10-9-11-13-23)14-15-24-16-17-25(26(20-24)31-5)32-33(6,7)28(2,3)4/h9-13,16-17,20,22H,8,14-15,18-19,21H2,1-7H3,(H,29,30). The Bertz CT molecular complexity index is 874. The Balaban J connectivity index is 1.88. The molecule has 0 aliphatic carbocycles. The molecule has 0 saturated heterocycles. The SMILES string of the molecule is CCC(CCc1ccc(O[Si](C)(C)C(C)(C)C)c(OC)c1)CC(=O)NCCc1ccccc1. The number of hydrogen-bond donors (Lipinski definition) is 1. The summed E-state index contributed by atoms with van der Waals surface area (Å²) in [6.45, 7) is 14.1. The largest absolute Gasteiger partial charge is 0.541 e. The maximum Gasteiger partial charge on any atom is 0.250 e. The van der Waals surface area contributed by atoms with Crippen LogP contribution in [0.5, 0.6) is 11.5 Å². The predicted octanol–water partition coefficient (Wildman–Crippen LogP) is 6.79. The number of carbonyl (C=O) groups is 1. The van der Waals surface area contributed by atoms with E-state index in [4.69, 9.17) is 9.16 Å². The average molecular weight is 470 g/mol. The van der Waals surface area contributed by atoms with Gasteiger partial charge in [-0.2, -0.15) is 0 Å². The monoisotopic (exact) mass is 469 g/mol. The lowest BCUT2D eigenvalue weighted by molar-refractivity contribution is -0.122. The van der Waals surface area contributed by atoms with Gasteiger partial charge in [-0.3, -0.25) is 4.79 Å². The quantitative estimate of drug-likeness (QED) is 0.348. The molecule has 0 aliphatic heterocycles. The van der Waals surface area contributed by atoms with Crippen LogP contribution in [0.15, 0.2) is 48.5 Å². The molecule has 2 aromatic carbocycles. The highest BCUT2D eigenvalue weighted by atomic mass is 28.4. The van der Waals surface area contributed by atoms with Crippen molar-refractivity contribution in [1.29, 1.82) is 0 Å². The normalized spacial score (nSPS) is 12.8. The van der Waals surface area contributed by atoms with Gasteiger partial charge < -0.3 is 14.5 Å². The van der Waals surface area contributed by atoms with Gasteiger partial charge in [0.05, 0.1) is 7.11 Å². The summed E-state index contributed by atoms with van der Waals surface area (Å²) in [5, 5.41) is 3.21. The number of carbonyl (C=O) groups excluding carboxylic acids is 1. The molecule has 0 heterocycles. The molecule has 1 unspecified atom stereocenters. The lowest BCUT2D eigenvalue weighted by atomic mass is 9.93. The highest BCUT2D eigenvalue weighted by molar-refractivity contribution is 6.74. The van der Waals surface area contributed by atoms with Gasteiger partial charge in [-0.15, -0.1) is 0 Å². The minimum atomic E-state index is -1.93. The minimum absolute atomic E-state index is 0.132. The fourth-order valence-corrected chi connectivity index (χ4v) is 4.55. The van der Waals surface area contributed by atoms with Crippen LogP contribution >= 0.6 is 0 Å². The van der Waals surface area contributed by atoms with E-state index in [2.05, 4.69) is 70.4 Å². The number of hydrogen-bond acceptors (Lipinski definition) is 3. The zero-order chi connectivity index (χ0) is 24.5. The Kier molecular flexibility index (Phi) is 10.0. The highest BCUT2D eigenvalue weighted by Crippen LogP contribution is 2.40. The topological polar surface area (TPSA) is 47.6 Å². The first-order valence-corrected chi connectivity index (χ1v) is 15.1. The van der Waals surface area contributed by atoms with E-state index in [9.17, 15) is 4.79 Å². The fraction of sp³-hybridized carbons (Fsp3) is 0.536. The molecule has 2 aromatic rings. The average Bonchev–Trinajstić information content (AvgIpc) is 2.77. The number of ether oxygens (including phenoxy) is 1. The summed E-state index contributed by atoms with van der Waals surface area (Å²) in [6.07, 6.45) is 4.35. The summed E-state index contributed by atoms with van der Waals surface area (Å²) in [7, 11) is -0.228. The van der Waals surface area contributed by atoms with Crippen molar-refractivity contribution in [2.75, 3.05) is 13.7 Å². The van der Waals surface area contributed by atoms with E-state index in [0.717, 1.165) is 37.2 Å². The Morgan fingerprint density at radius 2 is 1.70 bits per heavy atom. The predicted molar refractivity (Wildman–Crippen MR) is 141 cm³/mol. The lowest BCUT2D eigenvalue weighted by Gasteiger charge is -2.36. The summed E-state index contributed by atoms with van der Waals surface area (Å²) < 4.78 is 12.1. The van der Waals surface area contributed by atoms with Gasteiger partial charge >= 0.3 is 0 Å². The van der Waals surface area contributed by atoms with E-state index in [0.29, 0.717) is 18.9 Å². The smallest absolute Gasteiger partial charge is 0.250 e. The zero-order valence-electron chi connectivity index (χ0n) is 21.7. The fourth-order valence-electron chi connectivity index (χ4n) is 3.53. The van der Waals surface area contributed by atoms with Crippen molar-refractivity contribution in [1.82, 2.24) is 5.32 Å². The van der Waals surface area contributed by atoms with E-state index in [1.165, 1.54) is 11.1 Å². The molecule has 4 nitrogen and oxygen atoms in total. The summed E-state index contributed by atoms with van der Waals surface area (Å²) in [5.41, 5.74) is 2.47. The number of methoxy groups -OCH3 is 1. The maximum absolute atomic E-state index is 12.4. The number of amides is 1. The zero-order valence-corrected chi connectivity index (χ0v) is 22.7. The van der Waals surface area contributed by atoms with Crippen molar-refractivity contribution in [3.05, 3.63) is 59.7 Å². The van der Waals surface area contributed by atoms with Gasteiger partial charge in [-0.05, 0) is 66.6 Å². The molecular formula is C28H43NO3Si. The molecule has 2 rings (SSSR count). The summed E-state index contributed by atoms with van der Waals surface area (Å²) in [4.78, 5) is 12.4. The molecule has 1 N–H and O–H groups in total. The molecule has 0 aliphatic rings. The third-order valence-corrected chi connectivity index (χ3v) is 11.2. The number of nitrogens with one attached hydrogen (secondary N) is 1. The first-order valence-electron chi connectivity index (χ1n) is 12.2. The molecule has 0 bridgehead atoms. The number of rotatable bonds is 12. The molecule has 33 heavy (non-hydrogen) atoms. The van der Waals surface area contributed by atoms with Crippen molar-refractivity contribution in [3.8, 4) is 11.5 Å². The van der Waals surface area contributed by atoms with Crippen molar-refractivity contribution >= 4 is 14.2 Å². The first kappa shape index (κ1) is 27.0. The van der Waals surface area contributed by atoms with Crippen LogP contribution in [0.4, 0.5) is 0 Å². The first-order chi connectivity index (χ1) is 15.6. The summed E-state index contributed by atoms with van der Waals surface area (Å²) in [5.74, 6) is 2.14. The molecule has 0 spiro atoms. The van der Waals surface area contributed by atoms with Crippen LogP contribution in [-0.2, 0) is 17.6 Å². The molecule has 182 valence electrons. The van der Waals surface area contributed by atoms with Crippen molar-refractivity contribution in [3.63, 3.8) is 0 Å². The third kappa shape index (κ3) is 8.54. The van der Waals surface area contributed by atoms with Crippen molar-refractivity contribution in [2.24, 2.45) is 5.92 Å². The van der Waals surface area contributed by atoms with Crippen LogP contribution in [0.2, 0.25) is 18.1 Å².